The number of hydrogen-bond acceptors (Lipinski definition) is 3. The van der Waals surface area contributed by atoms with Crippen LogP contribution in [0.1, 0.15) is 32.6 Å². The van der Waals surface area contributed by atoms with Crippen molar-refractivity contribution in [3.8, 4) is 0 Å². The first-order chi connectivity index (χ1) is 8.90. The minimum atomic E-state index is -4.47. The smallest absolute Gasteiger partial charge is 0.422 e. The van der Waals surface area contributed by atoms with E-state index < -0.39 is 18.9 Å². The zero-order chi connectivity index (χ0) is 14.3. The number of carbonyl (C=O) groups is 1. The zero-order valence-corrected chi connectivity index (χ0v) is 11.1. The van der Waals surface area contributed by atoms with E-state index in [1.54, 1.807) is 0 Å². The van der Waals surface area contributed by atoms with Gasteiger partial charge in [0.1, 0.15) is 0 Å². The van der Waals surface area contributed by atoms with Gasteiger partial charge in [0, 0.05) is 19.1 Å². The van der Waals surface area contributed by atoms with E-state index in [1.165, 1.54) is 0 Å². The van der Waals surface area contributed by atoms with Crippen molar-refractivity contribution in [3.05, 3.63) is 0 Å². The summed E-state index contributed by atoms with van der Waals surface area (Å²) in [5, 5.41) is 2.48. The Morgan fingerprint density at radius 2 is 2.00 bits per heavy atom. The van der Waals surface area contributed by atoms with E-state index in [0.29, 0.717) is 0 Å². The maximum Gasteiger partial charge on any atom is 0.422 e. The predicted molar refractivity (Wildman–Crippen MR) is 64.9 cm³/mol. The number of ether oxygens (including phenoxy) is 1. The van der Waals surface area contributed by atoms with E-state index in [1.807, 2.05) is 0 Å². The van der Waals surface area contributed by atoms with Crippen molar-refractivity contribution in [2.45, 2.75) is 44.8 Å². The molecule has 1 saturated heterocycles. The standard InChI is InChI=1S/C12H21F3N2O2/c1-2-3-6-17-7-4-10(5-8-17)16-11(18)19-9-12(13,14)15/h10H,2-9H2,1H3,(H,16,18). The van der Waals surface area contributed by atoms with Crippen LogP contribution >= 0.6 is 0 Å². The van der Waals surface area contributed by atoms with Crippen molar-refractivity contribution in [1.29, 1.82) is 0 Å². The van der Waals surface area contributed by atoms with Gasteiger partial charge in [-0.3, -0.25) is 0 Å². The van der Waals surface area contributed by atoms with Gasteiger partial charge in [0.2, 0.25) is 0 Å². The lowest BCUT2D eigenvalue weighted by atomic mass is 10.1. The van der Waals surface area contributed by atoms with Crippen molar-refractivity contribution in [1.82, 2.24) is 10.2 Å². The molecule has 4 nitrogen and oxygen atoms in total. The Morgan fingerprint density at radius 1 is 1.37 bits per heavy atom. The Hall–Kier alpha value is -0.980. The van der Waals surface area contributed by atoms with Gasteiger partial charge in [0.25, 0.3) is 0 Å². The maximum atomic E-state index is 11.9. The summed E-state index contributed by atoms with van der Waals surface area (Å²) in [5.41, 5.74) is 0. The third-order valence-electron chi connectivity index (χ3n) is 3.10. The summed E-state index contributed by atoms with van der Waals surface area (Å²) in [6.07, 6.45) is -1.66. The lowest BCUT2D eigenvalue weighted by molar-refractivity contribution is -0.160. The van der Waals surface area contributed by atoms with Crippen LogP contribution in [-0.2, 0) is 4.74 Å². The van der Waals surface area contributed by atoms with Gasteiger partial charge < -0.3 is 15.0 Å². The fourth-order valence-electron chi connectivity index (χ4n) is 2.04. The first-order valence-corrected chi connectivity index (χ1v) is 6.63. The van der Waals surface area contributed by atoms with Gasteiger partial charge in [-0.15, -0.1) is 0 Å². The van der Waals surface area contributed by atoms with Gasteiger partial charge in [-0.05, 0) is 25.8 Å². The second kappa shape index (κ2) is 7.57. The number of nitrogens with zero attached hydrogens (tertiary/aromatic N) is 1. The molecule has 0 unspecified atom stereocenters. The number of halogens is 3. The third-order valence-corrected chi connectivity index (χ3v) is 3.10. The number of alkyl carbamates (subject to hydrolysis) is 1. The summed E-state index contributed by atoms with van der Waals surface area (Å²) in [6.45, 7) is 3.37. The summed E-state index contributed by atoms with van der Waals surface area (Å²) in [5.74, 6) is 0. The molecular weight excluding hydrogens is 261 g/mol. The fourth-order valence-corrected chi connectivity index (χ4v) is 2.04. The number of likely N-dealkylation sites (tertiary alicyclic amines) is 1. The predicted octanol–water partition coefficient (Wildman–Crippen LogP) is 2.54. The number of rotatable bonds is 5. The Kier molecular flexibility index (Phi) is 6.41. The molecule has 7 heteroatoms. The van der Waals surface area contributed by atoms with Crippen LogP contribution in [0, 0.1) is 0 Å². The highest BCUT2D eigenvalue weighted by Crippen LogP contribution is 2.15. The van der Waals surface area contributed by atoms with Gasteiger partial charge in [0.05, 0.1) is 0 Å². The van der Waals surface area contributed by atoms with Crippen molar-refractivity contribution in [2.24, 2.45) is 0 Å². The normalized spacial score (nSPS) is 18.3. The second-order valence-corrected chi connectivity index (χ2v) is 4.81. The third kappa shape index (κ3) is 7.25. The highest BCUT2D eigenvalue weighted by atomic mass is 19.4. The van der Waals surface area contributed by atoms with Crippen LogP contribution in [0.15, 0.2) is 0 Å². The molecule has 1 heterocycles. The Bertz CT molecular complexity index is 277. The van der Waals surface area contributed by atoms with Gasteiger partial charge in [0.15, 0.2) is 6.61 Å². The topological polar surface area (TPSA) is 41.6 Å². The maximum absolute atomic E-state index is 11.9. The minimum absolute atomic E-state index is 0.0846. The van der Waals surface area contributed by atoms with E-state index in [0.717, 1.165) is 45.3 Å². The molecule has 0 bridgehead atoms. The van der Waals surface area contributed by atoms with E-state index in [4.69, 9.17) is 0 Å². The Morgan fingerprint density at radius 3 is 2.53 bits per heavy atom. The molecule has 19 heavy (non-hydrogen) atoms. The number of carbonyl (C=O) groups excluding carboxylic acids is 1. The van der Waals surface area contributed by atoms with Crippen LogP contribution in [0.25, 0.3) is 0 Å². The van der Waals surface area contributed by atoms with Crippen molar-refractivity contribution in [2.75, 3.05) is 26.2 Å². The molecule has 1 aliphatic rings. The molecule has 0 spiro atoms. The minimum Gasteiger partial charge on any atom is -0.440 e. The lowest BCUT2D eigenvalue weighted by Crippen LogP contribution is -2.45. The molecule has 1 N–H and O–H groups in total. The highest BCUT2D eigenvalue weighted by Gasteiger charge is 2.30. The van der Waals surface area contributed by atoms with Crippen LogP contribution in [-0.4, -0.2) is 49.5 Å². The second-order valence-electron chi connectivity index (χ2n) is 4.81. The summed E-state index contributed by atoms with van der Waals surface area (Å²) >= 11 is 0. The number of alkyl halides is 3. The molecule has 1 rings (SSSR count). The van der Waals surface area contributed by atoms with Gasteiger partial charge >= 0.3 is 12.3 Å². The molecule has 0 aromatic heterocycles. The average Bonchev–Trinajstić information content (AvgIpc) is 2.35. The van der Waals surface area contributed by atoms with Crippen LogP contribution in [0.4, 0.5) is 18.0 Å². The van der Waals surface area contributed by atoms with Crippen LogP contribution in [0.5, 0.6) is 0 Å². The highest BCUT2D eigenvalue weighted by molar-refractivity contribution is 5.67. The summed E-state index contributed by atoms with van der Waals surface area (Å²) in [7, 11) is 0. The van der Waals surface area contributed by atoms with E-state index in [2.05, 4.69) is 21.9 Å². The molecule has 0 aromatic carbocycles. The molecular formula is C12H21F3N2O2. The number of unbranched alkanes of at least 4 members (excludes halogenated alkanes) is 1. The number of piperidine rings is 1. The van der Waals surface area contributed by atoms with Crippen molar-refractivity contribution in [3.63, 3.8) is 0 Å². The fraction of sp³-hybridized carbons (Fsp3) is 0.917. The first kappa shape index (κ1) is 16.1. The van der Waals surface area contributed by atoms with Crippen LogP contribution in [0.3, 0.4) is 0 Å². The van der Waals surface area contributed by atoms with Crippen LogP contribution in [0.2, 0.25) is 0 Å². The van der Waals surface area contributed by atoms with E-state index in [9.17, 15) is 18.0 Å². The summed E-state index contributed by atoms with van der Waals surface area (Å²) < 4.78 is 39.7. The molecule has 112 valence electrons. The lowest BCUT2D eigenvalue weighted by Gasteiger charge is -2.32. The first-order valence-electron chi connectivity index (χ1n) is 6.63. The molecule has 0 atom stereocenters. The van der Waals surface area contributed by atoms with Crippen molar-refractivity contribution >= 4 is 6.09 Å². The monoisotopic (exact) mass is 282 g/mol. The molecule has 1 aliphatic heterocycles. The summed E-state index contributed by atoms with van der Waals surface area (Å²) in [4.78, 5) is 13.5. The van der Waals surface area contributed by atoms with Gasteiger partial charge in [-0.25, -0.2) is 4.79 Å². The Labute approximate surface area is 111 Å². The average molecular weight is 282 g/mol. The van der Waals surface area contributed by atoms with E-state index >= 15 is 0 Å². The molecule has 0 radical (unpaired) electrons. The summed E-state index contributed by atoms with van der Waals surface area (Å²) in [6, 6.07) is -0.0846. The largest absolute Gasteiger partial charge is 0.440 e. The molecule has 1 amide bonds. The van der Waals surface area contributed by atoms with Crippen molar-refractivity contribution < 1.29 is 22.7 Å². The molecule has 0 saturated carbocycles. The van der Waals surface area contributed by atoms with E-state index in [-0.39, 0.29) is 6.04 Å². The molecule has 0 aromatic rings. The van der Waals surface area contributed by atoms with Gasteiger partial charge in [-0.2, -0.15) is 13.2 Å². The number of nitrogens with one attached hydrogen (secondary N) is 1. The molecule has 1 fully saturated rings. The Balaban J connectivity index is 2.16. The molecule has 0 aliphatic carbocycles. The van der Waals surface area contributed by atoms with Gasteiger partial charge in [-0.1, -0.05) is 13.3 Å². The quantitative estimate of drug-likeness (QED) is 0.842. The zero-order valence-electron chi connectivity index (χ0n) is 11.1. The van der Waals surface area contributed by atoms with Crippen LogP contribution < -0.4 is 5.32 Å². The SMILES string of the molecule is CCCCN1CCC(NC(=O)OCC(F)(F)F)CC1. The number of amides is 1. The number of hydrogen-bond donors (Lipinski definition) is 1.